The van der Waals surface area contributed by atoms with Gasteiger partial charge < -0.3 is 18.8 Å². The van der Waals surface area contributed by atoms with E-state index in [1.165, 1.54) is 12.1 Å². The van der Waals surface area contributed by atoms with Crippen LogP contribution < -0.4 is 9.64 Å². The minimum atomic E-state index is -3.48. The van der Waals surface area contributed by atoms with E-state index in [1.54, 1.807) is 6.20 Å². The molecule has 1 aliphatic heterocycles. The van der Waals surface area contributed by atoms with E-state index in [2.05, 4.69) is 95.5 Å². The number of ether oxygens (including phenoxy) is 1. The molecule has 5 heterocycles. The Hall–Kier alpha value is -7.40. The number of hydrogen-bond acceptors (Lipinski definition) is 4. The van der Waals surface area contributed by atoms with Crippen molar-refractivity contribution < 1.29 is 38.1 Å². The summed E-state index contributed by atoms with van der Waals surface area (Å²) in [5, 5.41) is 6.53. The smallest absolute Gasteiger partial charge is 0.135 e. The molecule has 72 heavy (non-hydrogen) atoms. The van der Waals surface area contributed by atoms with Crippen LogP contribution in [-0.2, 0) is 37.3 Å². The average molecular weight is 1130 g/mol. The second-order valence-corrected chi connectivity index (χ2v) is 20.6. The van der Waals surface area contributed by atoms with Gasteiger partial charge in [0.05, 0.1) is 5.52 Å². The maximum atomic E-state index is 8.79. The van der Waals surface area contributed by atoms with Gasteiger partial charge in [-0.05, 0) is 124 Å². The number of rotatable bonds is 5. The molecular formula is C65H56N5OPt-3. The first-order chi connectivity index (χ1) is 37.8. The van der Waals surface area contributed by atoms with E-state index in [0.29, 0.717) is 39.4 Å². The minimum Gasteiger partial charge on any atom is -0.509 e. The molecule has 11 aromatic rings. The largest absolute Gasteiger partial charge is 0.509 e. The van der Waals surface area contributed by atoms with E-state index < -0.39 is 31.4 Å². The number of para-hydroxylation sites is 2. The van der Waals surface area contributed by atoms with Crippen molar-refractivity contribution in [3.8, 4) is 28.4 Å². The van der Waals surface area contributed by atoms with Crippen molar-refractivity contribution in [2.45, 2.75) is 78.3 Å². The summed E-state index contributed by atoms with van der Waals surface area (Å²) in [5.74, 6) is 1.64. The van der Waals surface area contributed by atoms with Crippen LogP contribution in [0.25, 0.3) is 82.2 Å². The molecule has 0 atom stereocenters. The second-order valence-electron chi connectivity index (χ2n) is 20.6. The molecule has 0 spiro atoms. The van der Waals surface area contributed by atoms with E-state index in [4.69, 9.17) is 27.0 Å². The number of aromatic nitrogens is 4. The van der Waals surface area contributed by atoms with Gasteiger partial charge in [0.15, 0.2) is 0 Å². The van der Waals surface area contributed by atoms with Crippen molar-refractivity contribution >= 4 is 76.7 Å². The van der Waals surface area contributed by atoms with Crippen LogP contribution in [0.3, 0.4) is 0 Å². The number of anilines is 2. The SMILES string of the molecule is [2H]C([2H])([2H])C(c1cc(-c2cccc3c4ccccc4c4ccccc4c4cccc5c4n(c23)[CH-]N5c2[c-]c(Oc3[c-]c4c(cc3)c3ncccc3n4-c3cc(C(C)(C)C)ccn3)ccc2)cc(C(C)(C)C)c1)(C([2H])([2H])[2H])C([2H])([2H])[2H].[Pt]. The third kappa shape index (κ3) is 7.97. The Morgan fingerprint density at radius 2 is 1.15 bits per heavy atom. The predicted octanol–water partition coefficient (Wildman–Crippen LogP) is 17.2. The van der Waals surface area contributed by atoms with Crippen molar-refractivity contribution in [1.82, 2.24) is 19.1 Å². The Morgan fingerprint density at radius 3 is 1.85 bits per heavy atom. The third-order valence-electron chi connectivity index (χ3n) is 13.8. The molecule has 6 nitrogen and oxygen atoms in total. The fraction of sp³-hybridized carbons (Fsp3) is 0.185. The van der Waals surface area contributed by atoms with Crippen LogP contribution in [-0.4, -0.2) is 19.1 Å². The number of benzene rings is 7. The average Bonchev–Trinajstić information content (AvgIpc) is 4.19. The number of pyridine rings is 2. The summed E-state index contributed by atoms with van der Waals surface area (Å²) in [6, 6.07) is 58.4. The quantitative estimate of drug-likeness (QED) is 0.161. The molecule has 7 heteroatoms. The first-order valence-corrected chi connectivity index (χ1v) is 23.9. The summed E-state index contributed by atoms with van der Waals surface area (Å²) in [4.78, 5) is 11.7. The van der Waals surface area contributed by atoms with E-state index >= 15 is 0 Å². The van der Waals surface area contributed by atoms with Crippen LogP contribution in [0.5, 0.6) is 11.5 Å². The van der Waals surface area contributed by atoms with Crippen LogP contribution in [0.15, 0.2) is 170 Å². The van der Waals surface area contributed by atoms with Crippen LogP contribution in [0.1, 0.15) is 91.1 Å². The maximum absolute atomic E-state index is 8.79. The van der Waals surface area contributed by atoms with Crippen LogP contribution in [0, 0.1) is 18.8 Å². The first kappa shape index (κ1) is 37.4. The number of fused-ring (bicyclic) bond motifs is 10. The van der Waals surface area contributed by atoms with Gasteiger partial charge >= 0.3 is 0 Å². The van der Waals surface area contributed by atoms with Crippen molar-refractivity contribution in [1.29, 1.82) is 0 Å². The van der Waals surface area contributed by atoms with Gasteiger partial charge in [0, 0.05) is 68.5 Å². The Bertz CT molecular complexity index is 4350. The molecule has 0 bridgehead atoms. The minimum absolute atomic E-state index is 0. The Labute approximate surface area is 449 Å². The van der Waals surface area contributed by atoms with E-state index in [0.717, 1.165) is 76.8 Å². The molecule has 0 radical (unpaired) electrons. The van der Waals surface area contributed by atoms with E-state index in [9.17, 15) is 0 Å². The molecule has 0 amide bonds. The molecule has 0 saturated heterocycles. The first-order valence-electron chi connectivity index (χ1n) is 28.4. The fourth-order valence-electron chi connectivity index (χ4n) is 10.2. The summed E-state index contributed by atoms with van der Waals surface area (Å²) in [6.45, 7) is 3.93. The molecule has 0 N–H and O–H groups in total. The molecule has 0 saturated carbocycles. The van der Waals surface area contributed by atoms with Gasteiger partial charge in [-0.15, -0.1) is 30.3 Å². The van der Waals surface area contributed by atoms with Crippen LogP contribution >= 0.6 is 0 Å². The van der Waals surface area contributed by atoms with Crippen LogP contribution in [0.2, 0.25) is 0 Å². The van der Waals surface area contributed by atoms with Crippen molar-refractivity contribution in [3.63, 3.8) is 0 Å². The zero-order chi connectivity index (χ0) is 56.5. The molecule has 7 aromatic carbocycles. The van der Waals surface area contributed by atoms with Crippen molar-refractivity contribution in [2.75, 3.05) is 4.90 Å². The summed E-state index contributed by atoms with van der Waals surface area (Å²) >= 11 is 0. The van der Waals surface area contributed by atoms with Gasteiger partial charge in [0.2, 0.25) is 0 Å². The van der Waals surface area contributed by atoms with Crippen molar-refractivity contribution in [2.24, 2.45) is 0 Å². The van der Waals surface area contributed by atoms with Crippen molar-refractivity contribution in [3.05, 3.63) is 206 Å². The summed E-state index contributed by atoms with van der Waals surface area (Å²) in [7, 11) is 0. The fourth-order valence-corrected chi connectivity index (χ4v) is 10.2. The Kier molecular flexibility index (Phi) is 9.05. The molecule has 1 aliphatic rings. The number of nitrogens with zero attached hydrogens (tertiary/aromatic N) is 5. The molecule has 360 valence electrons. The monoisotopic (exact) mass is 1130 g/mol. The van der Waals surface area contributed by atoms with Gasteiger partial charge in [-0.25, -0.2) is 4.98 Å². The zero-order valence-corrected chi connectivity index (χ0v) is 43.0. The molecular weight excluding hydrogens is 1060 g/mol. The van der Waals surface area contributed by atoms with E-state index in [-0.39, 0.29) is 32.0 Å². The standard InChI is InChI=1S/C65H56N5O.Pt/c1-63(2,3)42-31-33-66-59(37-42)70-56-28-17-32-67-60(56)55-30-29-47(39-58(55)70)71-46-19-14-18-45(38-46)68-40-69-61-48(41-34-43(64(4,5)6)36-44(35-41)65(7,8)9)24-15-25-53(61)51-22-12-10-20-49(51)50-21-11-13-23-52(50)54-26-16-27-57(68)62(54)69;/h10-37,40H,1-9H3;/q-3;/i4D3,5D3,6D3;. The Balaban J connectivity index is 0.00000690. The zero-order valence-electron chi connectivity index (χ0n) is 49.7. The molecule has 0 fully saturated rings. The topological polar surface area (TPSA) is 48.1 Å². The van der Waals surface area contributed by atoms with Gasteiger partial charge in [0.1, 0.15) is 5.82 Å². The molecule has 0 unspecified atom stereocenters. The third-order valence-corrected chi connectivity index (χ3v) is 13.8. The van der Waals surface area contributed by atoms with Gasteiger partial charge in [-0.3, -0.25) is 4.98 Å². The predicted molar refractivity (Wildman–Crippen MR) is 296 cm³/mol. The van der Waals surface area contributed by atoms with Gasteiger partial charge in [-0.2, -0.15) is 12.1 Å². The van der Waals surface area contributed by atoms with Gasteiger partial charge in [0.25, 0.3) is 0 Å². The summed E-state index contributed by atoms with van der Waals surface area (Å²) in [5.41, 5.74) is 3.91. The molecule has 12 rings (SSSR count). The van der Waals surface area contributed by atoms with Crippen LogP contribution in [0.4, 0.5) is 11.4 Å². The number of hydrogen-bond donors (Lipinski definition) is 0. The normalized spacial score (nSPS) is 15.1. The summed E-state index contributed by atoms with van der Waals surface area (Å²) < 4.78 is 90.0. The Morgan fingerprint density at radius 1 is 0.528 bits per heavy atom. The maximum Gasteiger partial charge on any atom is 0.135 e. The summed E-state index contributed by atoms with van der Waals surface area (Å²) in [6.07, 6.45) is 3.62. The molecule has 4 aromatic heterocycles. The van der Waals surface area contributed by atoms with E-state index in [1.807, 2.05) is 131 Å². The molecule has 0 aliphatic carbocycles. The van der Waals surface area contributed by atoms with Gasteiger partial charge in [-0.1, -0.05) is 176 Å². The second kappa shape index (κ2) is 17.4.